The smallest absolute Gasteiger partial charge is 0.0480 e. The lowest BCUT2D eigenvalue weighted by Crippen LogP contribution is -2.33. The Morgan fingerprint density at radius 2 is 2.11 bits per heavy atom. The first-order valence-electron chi connectivity index (χ1n) is 7.23. The number of aryl methyl sites for hydroxylation is 1. The highest BCUT2D eigenvalue weighted by Gasteiger charge is 2.11. The summed E-state index contributed by atoms with van der Waals surface area (Å²) in [7, 11) is 0. The molecule has 0 aliphatic heterocycles. The normalized spacial score (nSPS) is 12.6. The van der Waals surface area contributed by atoms with Crippen molar-refractivity contribution in [1.29, 1.82) is 0 Å². The predicted octanol–water partition coefficient (Wildman–Crippen LogP) is 3.99. The molecule has 0 heterocycles. The third-order valence-electron chi connectivity index (χ3n) is 3.17. The van der Waals surface area contributed by atoms with Crippen LogP contribution in [0.15, 0.2) is 18.2 Å². The molecule has 19 heavy (non-hydrogen) atoms. The van der Waals surface area contributed by atoms with Crippen molar-refractivity contribution < 1.29 is 4.74 Å². The maximum absolute atomic E-state index is 6.31. The van der Waals surface area contributed by atoms with E-state index in [4.69, 9.17) is 16.3 Å². The average Bonchev–Trinajstić information content (AvgIpc) is 2.39. The molecule has 0 saturated heterocycles. The van der Waals surface area contributed by atoms with Gasteiger partial charge in [-0.25, -0.2) is 0 Å². The van der Waals surface area contributed by atoms with E-state index in [0.717, 1.165) is 44.0 Å². The molecule has 0 aromatic heterocycles. The maximum Gasteiger partial charge on any atom is 0.0480 e. The second-order valence-corrected chi connectivity index (χ2v) is 5.34. The number of halogens is 1. The minimum atomic E-state index is 0.437. The summed E-state index contributed by atoms with van der Waals surface area (Å²) in [5.41, 5.74) is 2.43. The van der Waals surface area contributed by atoms with Crippen LogP contribution in [0.4, 0.5) is 0 Å². The highest BCUT2D eigenvalue weighted by molar-refractivity contribution is 6.31. The van der Waals surface area contributed by atoms with Gasteiger partial charge in [0.2, 0.25) is 0 Å². The molecule has 108 valence electrons. The van der Waals surface area contributed by atoms with Crippen molar-refractivity contribution >= 4 is 11.6 Å². The van der Waals surface area contributed by atoms with Crippen molar-refractivity contribution in [3.63, 3.8) is 0 Å². The highest BCUT2D eigenvalue weighted by Crippen LogP contribution is 2.19. The SMILES string of the molecule is CCCNC(CCOCC)Cc1ccc(C)cc1Cl. The number of rotatable bonds is 9. The second kappa shape index (κ2) is 9.35. The van der Waals surface area contributed by atoms with Crippen LogP contribution in [0.5, 0.6) is 0 Å². The number of ether oxygens (including phenoxy) is 1. The van der Waals surface area contributed by atoms with Crippen LogP contribution in [0.2, 0.25) is 5.02 Å². The van der Waals surface area contributed by atoms with Crippen LogP contribution in [0.25, 0.3) is 0 Å². The second-order valence-electron chi connectivity index (χ2n) is 4.94. The number of hydrogen-bond acceptors (Lipinski definition) is 2. The van der Waals surface area contributed by atoms with Crippen molar-refractivity contribution in [2.45, 2.75) is 46.1 Å². The number of hydrogen-bond donors (Lipinski definition) is 1. The first kappa shape index (κ1) is 16.5. The number of nitrogens with one attached hydrogen (secondary N) is 1. The predicted molar refractivity (Wildman–Crippen MR) is 83.1 cm³/mol. The Morgan fingerprint density at radius 1 is 1.32 bits per heavy atom. The zero-order chi connectivity index (χ0) is 14.1. The molecule has 1 atom stereocenters. The summed E-state index contributed by atoms with van der Waals surface area (Å²) < 4.78 is 5.46. The Balaban J connectivity index is 2.58. The van der Waals surface area contributed by atoms with Crippen molar-refractivity contribution in [2.75, 3.05) is 19.8 Å². The molecule has 1 aromatic carbocycles. The minimum absolute atomic E-state index is 0.437. The van der Waals surface area contributed by atoms with Crippen molar-refractivity contribution in [2.24, 2.45) is 0 Å². The average molecular weight is 284 g/mol. The van der Waals surface area contributed by atoms with E-state index in [2.05, 4.69) is 31.3 Å². The fourth-order valence-electron chi connectivity index (χ4n) is 2.08. The van der Waals surface area contributed by atoms with Gasteiger partial charge in [0.15, 0.2) is 0 Å². The lowest BCUT2D eigenvalue weighted by molar-refractivity contribution is 0.136. The van der Waals surface area contributed by atoms with Gasteiger partial charge in [-0.05, 0) is 56.8 Å². The topological polar surface area (TPSA) is 21.3 Å². The van der Waals surface area contributed by atoms with Gasteiger partial charge in [0.05, 0.1) is 0 Å². The summed E-state index contributed by atoms with van der Waals surface area (Å²) in [6.07, 6.45) is 3.14. The molecular weight excluding hydrogens is 258 g/mol. The van der Waals surface area contributed by atoms with Gasteiger partial charge in [-0.1, -0.05) is 30.7 Å². The Bertz CT molecular complexity index is 368. The zero-order valence-electron chi connectivity index (χ0n) is 12.3. The van der Waals surface area contributed by atoms with Crippen LogP contribution >= 0.6 is 11.6 Å². The van der Waals surface area contributed by atoms with Crippen molar-refractivity contribution in [3.8, 4) is 0 Å². The minimum Gasteiger partial charge on any atom is -0.382 e. The van der Waals surface area contributed by atoms with E-state index in [9.17, 15) is 0 Å². The maximum atomic E-state index is 6.31. The van der Waals surface area contributed by atoms with E-state index in [1.165, 1.54) is 11.1 Å². The summed E-state index contributed by atoms with van der Waals surface area (Å²) in [6.45, 7) is 8.92. The Hall–Kier alpha value is -0.570. The summed E-state index contributed by atoms with van der Waals surface area (Å²) in [6, 6.07) is 6.74. The molecule has 0 spiro atoms. The van der Waals surface area contributed by atoms with E-state index >= 15 is 0 Å². The first-order chi connectivity index (χ1) is 9.17. The molecule has 0 aliphatic rings. The summed E-state index contributed by atoms with van der Waals surface area (Å²) in [5.74, 6) is 0. The monoisotopic (exact) mass is 283 g/mol. The third kappa shape index (κ3) is 6.42. The molecule has 0 amide bonds. The summed E-state index contributed by atoms with van der Waals surface area (Å²) in [4.78, 5) is 0. The molecule has 0 bridgehead atoms. The molecule has 1 aromatic rings. The molecule has 1 rings (SSSR count). The molecule has 1 N–H and O–H groups in total. The van der Waals surface area contributed by atoms with Crippen LogP contribution < -0.4 is 5.32 Å². The summed E-state index contributed by atoms with van der Waals surface area (Å²) in [5, 5.41) is 4.45. The Labute approximate surface area is 122 Å². The molecule has 0 radical (unpaired) electrons. The molecule has 2 nitrogen and oxygen atoms in total. The van der Waals surface area contributed by atoms with Gasteiger partial charge in [0, 0.05) is 24.3 Å². The van der Waals surface area contributed by atoms with Crippen LogP contribution in [0.3, 0.4) is 0 Å². The van der Waals surface area contributed by atoms with E-state index < -0.39 is 0 Å². The third-order valence-corrected chi connectivity index (χ3v) is 3.52. The van der Waals surface area contributed by atoms with Crippen LogP contribution in [-0.4, -0.2) is 25.8 Å². The molecule has 1 unspecified atom stereocenters. The van der Waals surface area contributed by atoms with E-state index in [1.807, 2.05) is 13.0 Å². The van der Waals surface area contributed by atoms with Crippen molar-refractivity contribution in [3.05, 3.63) is 34.3 Å². The molecule has 0 aliphatic carbocycles. The van der Waals surface area contributed by atoms with Gasteiger partial charge >= 0.3 is 0 Å². The van der Waals surface area contributed by atoms with Gasteiger partial charge < -0.3 is 10.1 Å². The Kier molecular flexibility index (Phi) is 8.11. The first-order valence-corrected chi connectivity index (χ1v) is 7.61. The van der Waals surface area contributed by atoms with E-state index in [-0.39, 0.29) is 0 Å². The number of benzene rings is 1. The van der Waals surface area contributed by atoms with Crippen LogP contribution in [0.1, 0.15) is 37.8 Å². The quantitative estimate of drug-likeness (QED) is 0.692. The molecule has 0 saturated carbocycles. The van der Waals surface area contributed by atoms with Gasteiger partial charge in [-0.3, -0.25) is 0 Å². The Morgan fingerprint density at radius 3 is 2.74 bits per heavy atom. The van der Waals surface area contributed by atoms with Crippen LogP contribution in [0, 0.1) is 6.92 Å². The van der Waals surface area contributed by atoms with E-state index in [1.54, 1.807) is 0 Å². The van der Waals surface area contributed by atoms with Crippen LogP contribution in [-0.2, 0) is 11.2 Å². The van der Waals surface area contributed by atoms with Gasteiger partial charge in [-0.15, -0.1) is 0 Å². The van der Waals surface area contributed by atoms with Gasteiger partial charge in [0.25, 0.3) is 0 Å². The molecular formula is C16H26ClNO. The highest BCUT2D eigenvalue weighted by atomic mass is 35.5. The van der Waals surface area contributed by atoms with Gasteiger partial charge in [-0.2, -0.15) is 0 Å². The van der Waals surface area contributed by atoms with Crippen molar-refractivity contribution in [1.82, 2.24) is 5.32 Å². The fraction of sp³-hybridized carbons (Fsp3) is 0.625. The molecule has 0 fully saturated rings. The largest absolute Gasteiger partial charge is 0.382 e. The fourth-order valence-corrected chi connectivity index (χ4v) is 2.39. The molecule has 3 heteroatoms. The lowest BCUT2D eigenvalue weighted by Gasteiger charge is -2.19. The van der Waals surface area contributed by atoms with E-state index in [0.29, 0.717) is 6.04 Å². The zero-order valence-corrected chi connectivity index (χ0v) is 13.1. The summed E-state index contributed by atoms with van der Waals surface area (Å²) >= 11 is 6.31. The lowest BCUT2D eigenvalue weighted by atomic mass is 10.0. The van der Waals surface area contributed by atoms with Gasteiger partial charge in [0.1, 0.15) is 0 Å². The standard InChI is InChI=1S/C16H26ClNO/c1-4-9-18-15(8-10-19-5-2)12-14-7-6-13(3)11-16(14)17/h6-7,11,15,18H,4-5,8-10,12H2,1-3H3.